The van der Waals surface area contributed by atoms with E-state index in [1.165, 1.54) is 0 Å². The largest absolute Gasteiger partial charge is 0.311 e. The van der Waals surface area contributed by atoms with E-state index in [1.54, 1.807) is 28.8 Å². The summed E-state index contributed by atoms with van der Waals surface area (Å²) in [4.78, 5) is 4.42. The molecule has 4 rings (SSSR count). The number of pyridine rings is 1. The Kier molecular flexibility index (Phi) is 4.99. The minimum Gasteiger partial charge on any atom is -0.311 e. The summed E-state index contributed by atoms with van der Waals surface area (Å²) in [6, 6.07) is 7.51. The molecule has 0 saturated carbocycles. The van der Waals surface area contributed by atoms with Gasteiger partial charge in [-0.3, -0.25) is 4.98 Å². The number of aromatic nitrogens is 1. The van der Waals surface area contributed by atoms with Gasteiger partial charge < -0.3 is 5.32 Å². The molecule has 2 saturated heterocycles. The van der Waals surface area contributed by atoms with Crippen LogP contribution in [0.25, 0.3) is 10.8 Å². The van der Waals surface area contributed by atoms with Crippen molar-refractivity contribution in [3.8, 4) is 0 Å². The summed E-state index contributed by atoms with van der Waals surface area (Å²) < 4.78 is 27.2. The number of nitrogens with zero attached hydrogens (tertiary/aromatic N) is 2. The molecule has 0 unspecified atom stereocenters. The number of piperazine rings is 1. The number of hydrogen-bond acceptors (Lipinski definition) is 4. The zero-order chi connectivity index (χ0) is 13.7. The Morgan fingerprint density at radius 2 is 2.00 bits per heavy atom. The first-order chi connectivity index (χ1) is 9.64. The van der Waals surface area contributed by atoms with Crippen molar-refractivity contribution in [2.24, 2.45) is 0 Å². The molecule has 1 N–H and O–H groups in total. The summed E-state index contributed by atoms with van der Waals surface area (Å²) in [7, 11) is -3.39. The highest BCUT2D eigenvalue weighted by Gasteiger charge is 2.44. The summed E-state index contributed by atoms with van der Waals surface area (Å²) in [6.07, 6.45) is 4.35. The van der Waals surface area contributed by atoms with Gasteiger partial charge in [0.05, 0.1) is 4.90 Å². The minimum atomic E-state index is -3.39. The van der Waals surface area contributed by atoms with Crippen molar-refractivity contribution >= 4 is 45.6 Å². The van der Waals surface area contributed by atoms with Crippen molar-refractivity contribution in [1.29, 1.82) is 0 Å². The lowest BCUT2D eigenvalue weighted by molar-refractivity contribution is 0.349. The summed E-state index contributed by atoms with van der Waals surface area (Å²) in [5.74, 6) is 0. The van der Waals surface area contributed by atoms with Gasteiger partial charge in [0.2, 0.25) is 10.0 Å². The topological polar surface area (TPSA) is 62.3 Å². The van der Waals surface area contributed by atoms with Gasteiger partial charge in [-0.25, -0.2) is 8.42 Å². The Balaban J connectivity index is 0.000000882. The second kappa shape index (κ2) is 6.29. The van der Waals surface area contributed by atoms with E-state index in [9.17, 15) is 8.42 Å². The molecular weight excluding hydrogens is 345 g/mol. The summed E-state index contributed by atoms with van der Waals surface area (Å²) in [5.41, 5.74) is 0. The molecule has 22 heavy (non-hydrogen) atoms. The Morgan fingerprint density at radius 1 is 1.18 bits per heavy atom. The maximum atomic E-state index is 12.8. The quantitative estimate of drug-likeness (QED) is 0.885. The zero-order valence-corrected chi connectivity index (χ0v) is 14.1. The van der Waals surface area contributed by atoms with Crippen LogP contribution in [0.1, 0.15) is 6.42 Å². The smallest absolute Gasteiger partial charge is 0.243 e. The van der Waals surface area contributed by atoms with Gasteiger partial charge in [-0.15, -0.1) is 24.8 Å². The van der Waals surface area contributed by atoms with Crippen LogP contribution < -0.4 is 5.32 Å². The van der Waals surface area contributed by atoms with Gasteiger partial charge in [-0.05, 0) is 30.0 Å². The van der Waals surface area contributed by atoms with Gasteiger partial charge in [-0.2, -0.15) is 4.31 Å². The lowest BCUT2D eigenvalue weighted by Gasteiger charge is -2.26. The third-order valence-corrected chi connectivity index (χ3v) is 6.14. The van der Waals surface area contributed by atoms with Crippen LogP contribution in [0.4, 0.5) is 0 Å². The standard InChI is InChI=1S/C14H15N3O2S.2ClH/c18-20(19,17-9-12-6-13(17)8-16-12)14-2-1-11-7-15-4-3-10(11)5-14;;/h1-5,7,12-13,16H,6,8-9H2;2*1H/t12-,13-;;/m0../s1. The Bertz CT molecular complexity index is 785. The number of hydrogen-bond donors (Lipinski definition) is 1. The van der Waals surface area contributed by atoms with E-state index >= 15 is 0 Å². The second-order valence-electron chi connectivity index (χ2n) is 5.45. The van der Waals surface area contributed by atoms with Crippen LogP contribution in [0.5, 0.6) is 0 Å². The van der Waals surface area contributed by atoms with Gasteiger partial charge in [0.15, 0.2) is 0 Å². The fourth-order valence-electron chi connectivity index (χ4n) is 3.17. The molecule has 1 aromatic carbocycles. The Hall–Kier alpha value is -0.920. The van der Waals surface area contributed by atoms with Crippen molar-refractivity contribution in [3.63, 3.8) is 0 Å². The van der Waals surface area contributed by atoms with Gasteiger partial charge in [0.1, 0.15) is 0 Å². The van der Waals surface area contributed by atoms with Crippen molar-refractivity contribution < 1.29 is 8.42 Å². The molecular formula is C14H17Cl2N3O2S. The van der Waals surface area contributed by atoms with E-state index in [2.05, 4.69) is 10.3 Å². The average molecular weight is 362 g/mol. The van der Waals surface area contributed by atoms with Crippen LogP contribution in [-0.4, -0.2) is 42.9 Å². The summed E-state index contributed by atoms with van der Waals surface area (Å²) in [6.45, 7) is 1.35. The molecule has 2 atom stereocenters. The molecule has 2 fully saturated rings. The molecule has 8 heteroatoms. The number of benzene rings is 1. The fourth-order valence-corrected chi connectivity index (χ4v) is 4.89. The van der Waals surface area contributed by atoms with E-state index < -0.39 is 10.0 Å². The predicted molar refractivity (Wildman–Crippen MR) is 90.3 cm³/mol. The highest BCUT2D eigenvalue weighted by atomic mass is 35.5. The highest BCUT2D eigenvalue weighted by molar-refractivity contribution is 7.89. The zero-order valence-electron chi connectivity index (χ0n) is 11.7. The molecule has 2 aliphatic rings. The predicted octanol–water partition coefficient (Wildman–Crippen LogP) is 1.81. The van der Waals surface area contributed by atoms with E-state index in [-0.39, 0.29) is 30.9 Å². The Morgan fingerprint density at radius 3 is 2.68 bits per heavy atom. The van der Waals surface area contributed by atoms with Crippen LogP contribution in [0, 0.1) is 0 Å². The number of rotatable bonds is 2. The lowest BCUT2D eigenvalue weighted by Crippen LogP contribution is -2.46. The van der Waals surface area contributed by atoms with E-state index in [0.29, 0.717) is 17.5 Å². The molecule has 0 spiro atoms. The van der Waals surface area contributed by atoms with E-state index in [0.717, 1.165) is 23.7 Å². The third-order valence-electron chi connectivity index (χ3n) is 4.22. The van der Waals surface area contributed by atoms with Crippen LogP contribution in [-0.2, 0) is 10.0 Å². The second-order valence-corrected chi connectivity index (χ2v) is 7.34. The maximum Gasteiger partial charge on any atom is 0.243 e. The van der Waals surface area contributed by atoms with E-state index in [1.807, 2.05) is 12.1 Å². The SMILES string of the molecule is Cl.Cl.O=S(=O)(c1ccc2cnccc2c1)N1C[C@@H]2C[C@H]1CN2. The van der Waals surface area contributed by atoms with Crippen molar-refractivity contribution in [1.82, 2.24) is 14.6 Å². The molecule has 0 amide bonds. The van der Waals surface area contributed by atoms with Gasteiger partial charge in [0.25, 0.3) is 0 Å². The molecule has 5 nitrogen and oxygen atoms in total. The number of halogens is 2. The van der Waals surface area contributed by atoms with Gasteiger partial charge in [-0.1, -0.05) is 6.07 Å². The van der Waals surface area contributed by atoms with Crippen LogP contribution in [0.15, 0.2) is 41.6 Å². The number of fused-ring (bicyclic) bond motifs is 3. The lowest BCUT2D eigenvalue weighted by atomic mass is 10.2. The molecule has 120 valence electrons. The number of sulfonamides is 1. The monoisotopic (exact) mass is 361 g/mol. The average Bonchev–Trinajstić information content (AvgIpc) is 3.09. The van der Waals surface area contributed by atoms with Gasteiger partial charge >= 0.3 is 0 Å². The van der Waals surface area contributed by atoms with Gasteiger partial charge in [0, 0.05) is 43.0 Å². The summed E-state index contributed by atoms with van der Waals surface area (Å²) in [5, 5.41) is 5.19. The van der Waals surface area contributed by atoms with Crippen molar-refractivity contribution in [3.05, 3.63) is 36.7 Å². The molecule has 0 radical (unpaired) electrons. The number of nitrogens with one attached hydrogen (secondary N) is 1. The van der Waals surface area contributed by atoms with Crippen molar-refractivity contribution in [2.45, 2.75) is 23.4 Å². The van der Waals surface area contributed by atoms with Crippen LogP contribution >= 0.6 is 24.8 Å². The molecule has 2 aliphatic heterocycles. The normalized spacial score (nSPS) is 24.0. The van der Waals surface area contributed by atoms with E-state index in [4.69, 9.17) is 0 Å². The summed E-state index contributed by atoms with van der Waals surface area (Å²) >= 11 is 0. The van der Waals surface area contributed by atoms with Crippen LogP contribution in [0.3, 0.4) is 0 Å². The first-order valence-electron chi connectivity index (χ1n) is 6.73. The molecule has 0 aliphatic carbocycles. The molecule has 1 aromatic heterocycles. The first kappa shape index (κ1) is 17.4. The minimum absolute atomic E-state index is 0. The third kappa shape index (κ3) is 2.70. The van der Waals surface area contributed by atoms with Crippen molar-refractivity contribution in [2.75, 3.05) is 13.1 Å². The first-order valence-corrected chi connectivity index (χ1v) is 8.17. The molecule has 2 bridgehead atoms. The van der Waals surface area contributed by atoms with Crippen LogP contribution in [0.2, 0.25) is 0 Å². The highest BCUT2D eigenvalue weighted by Crippen LogP contribution is 2.30. The maximum absolute atomic E-state index is 12.8. The molecule has 3 heterocycles. The Labute approximate surface area is 142 Å². The molecule has 2 aromatic rings. The fraction of sp³-hybridized carbons (Fsp3) is 0.357.